The number of aromatic nitrogens is 3. The Morgan fingerprint density at radius 3 is 2.71 bits per heavy atom. The van der Waals surface area contributed by atoms with E-state index in [1.165, 1.54) is 0 Å². The number of aliphatic hydroxyl groups excluding tert-OH is 1. The largest absolute Gasteiger partial charge is 0.462 e. The second kappa shape index (κ2) is 5.80. The summed E-state index contributed by atoms with van der Waals surface area (Å²) in [4.78, 5) is 4.35. The van der Waals surface area contributed by atoms with Crippen molar-refractivity contribution in [2.75, 3.05) is 5.32 Å². The Bertz CT molecular complexity index is 733. The molecule has 6 nitrogen and oxygen atoms in total. The average molecular weight is 284 g/mol. The molecular weight excluding hydrogens is 268 g/mol. The summed E-state index contributed by atoms with van der Waals surface area (Å²) in [5, 5.41) is 19.3. The van der Waals surface area contributed by atoms with Crippen LogP contribution in [0.1, 0.15) is 17.3 Å². The van der Waals surface area contributed by atoms with Crippen molar-refractivity contribution in [1.82, 2.24) is 15.2 Å². The van der Waals surface area contributed by atoms with Gasteiger partial charge >= 0.3 is 0 Å². The topological polar surface area (TPSA) is 87.0 Å². The number of furan rings is 1. The van der Waals surface area contributed by atoms with Gasteiger partial charge in [-0.05, 0) is 31.2 Å². The lowest BCUT2D eigenvalue weighted by Gasteiger charge is -2.08. The summed E-state index contributed by atoms with van der Waals surface area (Å²) in [6.45, 7) is 2.30. The van der Waals surface area contributed by atoms with E-state index in [9.17, 15) is 0 Å². The first-order valence-electron chi connectivity index (χ1n) is 6.67. The predicted molar refractivity (Wildman–Crippen MR) is 78.5 cm³/mol. The number of para-hydroxylation sites is 1. The second-order valence-electron chi connectivity index (χ2n) is 4.67. The van der Waals surface area contributed by atoms with Gasteiger partial charge in [0.15, 0.2) is 5.82 Å². The van der Waals surface area contributed by atoms with E-state index in [-0.39, 0.29) is 6.61 Å². The molecule has 0 aliphatic carbocycles. The Morgan fingerprint density at radius 2 is 2.00 bits per heavy atom. The van der Waals surface area contributed by atoms with E-state index in [1.54, 1.807) is 6.07 Å². The van der Waals surface area contributed by atoms with E-state index < -0.39 is 0 Å². The molecule has 0 atom stereocenters. The Labute approximate surface area is 121 Å². The molecule has 3 rings (SSSR count). The van der Waals surface area contributed by atoms with Crippen LogP contribution in [-0.4, -0.2) is 20.3 Å². The quantitative estimate of drug-likeness (QED) is 0.670. The molecule has 2 heterocycles. The first-order valence-corrected chi connectivity index (χ1v) is 6.67. The van der Waals surface area contributed by atoms with Gasteiger partial charge in [-0.1, -0.05) is 12.1 Å². The van der Waals surface area contributed by atoms with Gasteiger partial charge in [-0.2, -0.15) is 5.10 Å². The number of hydrogen-bond acceptors (Lipinski definition) is 5. The number of aryl methyl sites for hydroxylation is 1. The highest BCUT2D eigenvalue weighted by Gasteiger charge is 2.09. The summed E-state index contributed by atoms with van der Waals surface area (Å²) >= 11 is 0. The van der Waals surface area contributed by atoms with Crippen LogP contribution in [0.2, 0.25) is 0 Å². The summed E-state index contributed by atoms with van der Waals surface area (Å²) in [6.07, 6.45) is 0. The predicted octanol–water partition coefficient (Wildman–Crippen LogP) is 2.48. The normalized spacial score (nSPS) is 10.8. The molecule has 0 aliphatic rings. The van der Waals surface area contributed by atoms with E-state index in [2.05, 4.69) is 20.5 Å². The Hall–Kier alpha value is -2.60. The summed E-state index contributed by atoms with van der Waals surface area (Å²) in [7, 11) is 0. The van der Waals surface area contributed by atoms with Crippen molar-refractivity contribution in [3.05, 3.63) is 53.7 Å². The van der Waals surface area contributed by atoms with E-state index in [0.717, 1.165) is 22.8 Å². The minimum atomic E-state index is -0.0902. The standard InChI is InChI=1S/C15H16N4O2/c1-10-17-15(19-18-10)13-4-2-3-5-14(13)16-8-11-6-7-12(9-20)21-11/h2-7,16,20H,8-9H2,1H3,(H,17,18,19). The molecule has 21 heavy (non-hydrogen) atoms. The van der Waals surface area contributed by atoms with Crippen molar-refractivity contribution in [3.8, 4) is 11.4 Å². The Morgan fingerprint density at radius 1 is 1.19 bits per heavy atom. The Balaban J connectivity index is 1.79. The van der Waals surface area contributed by atoms with Gasteiger partial charge in [-0.25, -0.2) is 4.98 Å². The average Bonchev–Trinajstić information content (AvgIpc) is 3.14. The zero-order valence-electron chi connectivity index (χ0n) is 11.6. The van der Waals surface area contributed by atoms with E-state index >= 15 is 0 Å². The lowest BCUT2D eigenvalue weighted by Crippen LogP contribution is -2.00. The fourth-order valence-corrected chi connectivity index (χ4v) is 2.08. The van der Waals surface area contributed by atoms with Crippen molar-refractivity contribution in [2.24, 2.45) is 0 Å². The molecule has 6 heteroatoms. The number of benzene rings is 1. The van der Waals surface area contributed by atoms with Gasteiger partial charge in [0.2, 0.25) is 0 Å². The molecular formula is C15H16N4O2. The maximum absolute atomic E-state index is 9.00. The van der Waals surface area contributed by atoms with Crippen LogP contribution in [0.15, 0.2) is 40.8 Å². The number of aromatic amines is 1. The molecule has 0 aliphatic heterocycles. The smallest absolute Gasteiger partial charge is 0.183 e. The van der Waals surface area contributed by atoms with E-state index in [0.29, 0.717) is 18.1 Å². The minimum absolute atomic E-state index is 0.0902. The van der Waals surface area contributed by atoms with Gasteiger partial charge in [-0.15, -0.1) is 0 Å². The number of anilines is 1. The molecule has 3 N–H and O–H groups in total. The fraction of sp³-hybridized carbons (Fsp3) is 0.200. The van der Waals surface area contributed by atoms with Crippen LogP contribution in [0.4, 0.5) is 5.69 Å². The van der Waals surface area contributed by atoms with Gasteiger partial charge in [0.05, 0.1) is 6.54 Å². The zero-order chi connectivity index (χ0) is 14.7. The third-order valence-electron chi connectivity index (χ3n) is 3.09. The lowest BCUT2D eigenvalue weighted by atomic mass is 10.1. The van der Waals surface area contributed by atoms with Crippen molar-refractivity contribution in [1.29, 1.82) is 0 Å². The van der Waals surface area contributed by atoms with Gasteiger partial charge < -0.3 is 14.8 Å². The molecule has 1 aromatic carbocycles. The van der Waals surface area contributed by atoms with Gasteiger partial charge in [-0.3, -0.25) is 5.10 Å². The highest BCUT2D eigenvalue weighted by molar-refractivity contribution is 5.73. The number of hydrogen-bond donors (Lipinski definition) is 3. The van der Waals surface area contributed by atoms with Crippen LogP contribution in [0.3, 0.4) is 0 Å². The monoisotopic (exact) mass is 284 g/mol. The first-order chi connectivity index (χ1) is 10.3. The van der Waals surface area contributed by atoms with Crippen LogP contribution in [-0.2, 0) is 13.2 Å². The molecule has 3 aromatic rings. The van der Waals surface area contributed by atoms with E-state index in [4.69, 9.17) is 9.52 Å². The number of H-pyrrole nitrogens is 1. The Kier molecular flexibility index (Phi) is 3.70. The summed E-state index contributed by atoms with van der Waals surface area (Å²) in [5.41, 5.74) is 1.86. The molecule has 0 saturated carbocycles. The highest BCUT2D eigenvalue weighted by Crippen LogP contribution is 2.25. The molecule has 0 radical (unpaired) electrons. The molecule has 0 spiro atoms. The number of nitrogens with one attached hydrogen (secondary N) is 2. The van der Waals surface area contributed by atoms with Gasteiger partial charge in [0.1, 0.15) is 24.0 Å². The maximum Gasteiger partial charge on any atom is 0.183 e. The van der Waals surface area contributed by atoms with Crippen LogP contribution in [0.5, 0.6) is 0 Å². The first kappa shape index (κ1) is 13.4. The second-order valence-corrected chi connectivity index (χ2v) is 4.67. The molecule has 0 fully saturated rings. The SMILES string of the molecule is Cc1nc(-c2ccccc2NCc2ccc(CO)o2)n[nH]1. The maximum atomic E-state index is 9.00. The molecule has 0 amide bonds. The molecule has 0 saturated heterocycles. The minimum Gasteiger partial charge on any atom is -0.462 e. The summed E-state index contributed by atoms with van der Waals surface area (Å²) < 4.78 is 5.45. The molecule has 0 bridgehead atoms. The number of rotatable bonds is 5. The van der Waals surface area contributed by atoms with Crippen molar-refractivity contribution < 1.29 is 9.52 Å². The number of nitrogens with zero attached hydrogens (tertiary/aromatic N) is 2. The highest BCUT2D eigenvalue weighted by atomic mass is 16.4. The zero-order valence-corrected chi connectivity index (χ0v) is 11.6. The summed E-state index contributed by atoms with van der Waals surface area (Å²) in [6, 6.07) is 11.4. The third kappa shape index (κ3) is 2.95. The third-order valence-corrected chi connectivity index (χ3v) is 3.09. The van der Waals surface area contributed by atoms with Crippen LogP contribution in [0.25, 0.3) is 11.4 Å². The number of aliphatic hydroxyl groups is 1. The fourth-order valence-electron chi connectivity index (χ4n) is 2.08. The molecule has 0 unspecified atom stereocenters. The van der Waals surface area contributed by atoms with E-state index in [1.807, 2.05) is 37.3 Å². The van der Waals surface area contributed by atoms with Crippen molar-refractivity contribution in [3.63, 3.8) is 0 Å². The lowest BCUT2D eigenvalue weighted by molar-refractivity contribution is 0.244. The van der Waals surface area contributed by atoms with Crippen LogP contribution >= 0.6 is 0 Å². The molecule has 108 valence electrons. The van der Waals surface area contributed by atoms with Crippen LogP contribution < -0.4 is 5.32 Å². The van der Waals surface area contributed by atoms with Crippen molar-refractivity contribution >= 4 is 5.69 Å². The van der Waals surface area contributed by atoms with Crippen molar-refractivity contribution in [2.45, 2.75) is 20.1 Å². The van der Waals surface area contributed by atoms with Gasteiger partial charge in [0, 0.05) is 11.3 Å². The van der Waals surface area contributed by atoms with Gasteiger partial charge in [0.25, 0.3) is 0 Å². The summed E-state index contributed by atoms with van der Waals surface area (Å²) in [5.74, 6) is 2.76. The van der Waals surface area contributed by atoms with Crippen LogP contribution in [0, 0.1) is 6.92 Å². The molecule has 2 aromatic heterocycles.